The van der Waals surface area contributed by atoms with Crippen LogP contribution in [0.2, 0.25) is 0 Å². The maximum absolute atomic E-state index is 13.0. The van der Waals surface area contributed by atoms with E-state index >= 15 is 0 Å². The van der Waals surface area contributed by atoms with Crippen LogP contribution >= 0.6 is 0 Å². The second-order valence-corrected chi connectivity index (χ2v) is 7.61. The lowest BCUT2D eigenvalue weighted by Crippen LogP contribution is -2.11. The maximum atomic E-state index is 13.0. The number of non-ortho nitro benzene ring substituents is 1. The standard InChI is InChI=1S/C21H17N5O6/c1-10-17-15(9-16(12-3-4-12)22-20(17)32-25-10)21(27)30-11(2)18-23-24-19(31-18)13-5-7-14(8-6-13)26(28)29/h5-9,11-12H,3-4H2,1-2H3. The highest BCUT2D eigenvalue weighted by Crippen LogP contribution is 2.40. The molecule has 1 saturated carbocycles. The van der Waals surface area contributed by atoms with Crippen molar-refractivity contribution in [2.75, 3.05) is 0 Å². The van der Waals surface area contributed by atoms with E-state index < -0.39 is 17.0 Å². The Balaban J connectivity index is 1.38. The van der Waals surface area contributed by atoms with E-state index in [2.05, 4.69) is 20.3 Å². The Kier molecular flexibility index (Phi) is 4.65. The number of fused-ring (bicyclic) bond motifs is 1. The van der Waals surface area contributed by atoms with Crippen molar-refractivity contribution >= 4 is 22.8 Å². The van der Waals surface area contributed by atoms with Gasteiger partial charge >= 0.3 is 5.97 Å². The third-order valence-corrected chi connectivity index (χ3v) is 5.25. The van der Waals surface area contributed by atoms with Crippen molar-refractivity contribution in [3.63, 3.8) is 0 Å². The first-order valence-electron chi connectivity index (χ1n) is 9.97. The van der Waals surface area contributed by atoms with Crippen molar-refractivity contribution in [2.24, 2.45) is 0 Å². The van der Waals surface area contributed by atoms with Crippen LogP contribution in [-0.4, -0.2) is 31.2 Å². The molecule has 0 spiro atoms. The van der Waals surface area contributed by atoms with E-state index in [0.29, 0.717) is 33.8 Å². The van der Waals surface area contributed by atoms with Crippen LogP contribution < -0.4 is 0 Å². The van der Waals surface area contributed by atoms with E-state index in [1.54, 1.807) is 19.9 Å². The number of pyridine rings is 1. The van der Waals surface area contributed by atoms with Crippen molar-refractivity contribution < 1.29 is 23.4 Å². The third-order valence-electron chi connectivity index (χ3n) is 5.25. The Morgan fingerprint density at radius 3 is 2.69 bits per heavy atom. The second-order valence-electron chi connectivity index (χ2n) is 7.61. The molecule has 0 aliphatic heterocycles. The van der Waals surface area contributed by atoms with E-state index in [9.17, 15) is 14.9 Å². The summed E-state index contributed by atoms with van der Waals surface area (Å²) in [5.41, 5.74) is 2.44. The number of benzene rings is 1. The summed E-state index contributed by atoms with van der Waals surface area (Å²) in [7, 11) is 0. The van der Waals surface area contributed by atoms with Gasteiger partial charge in [-0.3, -0.25) is 10.1 Å². The number of esters is 1. The molecule has 1 aliphatic rings. The van der Waals surface area contributed by atoms with Crippen LogP contribution in [0.1, 0.15) is 59.4 Å². The molecule has 4 aromatic rings. The molecule has 1 atom stereocenters. The average Bonchev–Trinajstić information content (AvgIpc) is 3.40. The minimum atomic E-state index is -0.824. The minimum Gasteiger partial charge on any atom is -0.449 e. The van der Waals surface area contributed by atoms with Crippen molar-refractivity contribution in [1.82, 2.24) is 20.3 Å². The zero-order valence-electron chi connectivity index (χ0n) is 17.1. The number of nitro benzene ring substituents is 1. The van der Waals surface area contributed by atoms with E-state index in [-0.39, 0.29) is 17.5 Å². The fraction of sp³-hybridized carbons (Fsp3) is 0.286. The topological polar surface area (TPSA) is 147 Å². The van der Waals surface area contributed by atoms with Gasteiger partial charge in [-0.25, -0.2) is 9.78 Å². The Bertz CT molecular complexity index is 1340. The van der Waals surface area contributed by atoms with E-state index in [1.807, 2.05) is 0 Å². The first-order valence-corrected chi connectivity index (χ1v) is 9.97. The Morgan fingerprint density at radius 2 is 2.00 bits per heavy atom. The smallest absolute Gasteiger partial charge is 0.339 e. The number of aryl methyl sites for hydroxylation is 1. The van der Waals surface area contributed by atoms with Gasteiger partial charge in [0.25, 0.3) is 17.3 Å². The molecule has 3 heterocycles. The highest BCUT2D eigenvalue weighted by molar-refractivity contribution is 6.03. The lowest BCUT2D eigenvalue weighted by molar-refractivity contribution is -0.384. The predicted molar refractivity (Wildman–Crippen MR) is 109 cm³/mol. The van der Waals surface area contributed by atoms with Crippen LogP contribution in [0.4, 0.5) is 5.69 Å². The summed E-state index contributed by atoms with van der Waals surface area (Å²) >= 11 is 0. The molecule has 1 fully saturated rings. The number of carbonyl (C=O) groups is 1. The van der Waals surface area contributed by atoms with Gasteiger partial charge < -0.3 is 13.7 Å². The van der Waals surface area contributed by atoms with Crippen LogP contribution in [0.25, 0.3) is 22.6 Å². The first kappa shape index (κ1) is 19.8. The molecule has 0 bridgehead atoms. The SMILES string of the molecule is Cc1noc2nc(C3CC3)cc(C(=O)OC(C)c3nnc(-c4ccc([N+](=O)[O-])cc4)o3)c12. The molecule has 0 saturated heterocycles. The summed E-state index contributed by atoms with van der Waals surface area (Å²) in [6.07, 6.45) is 1.21. The largest absolute Gasteiger partial charge is 0.449 e. The Labute approximate surface area is 180 Å². The summed E-state index contributed by atoms with van der Waals surface area (Å²) in [5.74, 6) is -0.00128. The second kappa shape index (κ2) is 7.52. The fourth-order valence-corrected chi connectivity index (χ4v) is 3.38. The van der Waals surface area contributed by atoms with Gasteiger partial charge in [-0.1, -0.05) is 5.16 Å². The third kappa shape index (κ3) is 3.57. The lowest BCUT2D eigenvalue weighted by atomic mass is 10.1. The van der Waals surface area contributed by atoms with Crippen LogP contribution in [-0.2, 0) is 4.74 Å². The number of nitrogens with zero attached hydrogens (tertiary/aromatic N) is 5. The highest BCUT2D eigenvalue weighted by atomic mass is 16.6. The van der Waals surface area contributed by atoms with Crippen molar-refractivity contribution in [1.29, 1.82) is 0 Å². The molecular formula is C21H17N5O6. The molecule has 1 aliphatic carbocycles. The van der Waals surface area contributed by atoms with Gasteiger partial charge in [0.2, 0.25) is 5.89 Å². The Morgan fingerprint density at radius 1 is 1.25 bits per heavy atom. The first-order chi connectivity index (χ1) is 15.4. The van der Waals surface area contributed by atoms with Crippen molar-refractivity contribution in [3.05, 3.63) is 63.3 Å². The molecule has 11 heteroatoms. The minimum absolute atomic E-state index is 0.0472. The lowest BCUT2D eigenvalue weighted by Gasteiger charge is -2.11. The van der Waals surface area contributed by atoms with Gasteiger partial charge in [-0.05, 0) is 44.9 Å². The summed E-state index contributed by atoms with van der Waals surface area (Å²) < 4.78 is 16.5. The zero-order chi connectivity index (χ0) is 22.4. The van der Waals surface area contributed by atoms with E-state index in [0.717, 1.165) is 18.5 Å². The number of hydrogen-bond acceptors (Lipinski definition) is 10. The molecule has 0 amide bonds. The van der Waals surface area contributed by atoms with E-state index in [4.69, 9.17) is 13.7 Å². The van der Waals surface area contributed by atoms with Gasteiger partial charge in [0.15, 0.2) is 6.10 Å². The quantitative estimate of drug-likeness (QED) is 0.244. The highest BCUT2D eigenvalue weighted by Gasteiger charge is 2.30. The van der Waals surface area contributed by atoms with Crippen LogP contribution in [0, 0.1) is 17.0 Å². The molecule has 32 heavy (non-hydrogen) atoms. The summed E-state index contributed by atoms with van der Waals surface area (Å²) in [6.45, 7) is 3.35. The van der Waals surface area contributed by atoms with Crippen LogP contribution in [0.3, 0.4) is 0 Å². The number of carbonyl (C=O) groups excluding carboxylic acids is 1. The molecule has 1 unspecified atom stereocenters. The van der Waals surface area contributed by atoms with Gasteiger partial charge in [0.05, 0.1) is 21.6 Å². The molecule has 1 aromatic carbocycles. The fourth-order valence-electron chi connectivity index (χ4n) is 3.38. The van der Waals surface area contributed by atoms with Crippen LogP contribution in [0.5, 0.6) is 0 Å². The number of ether oxygens (including phenoxy) is 1. The Hall–Kier alpha value is -4.15. The maximum Gasteiger partial charge on any atom is 0.339 e. The number of hydrogen-bond donors (Lipinski definition) is 0. The number of aromatic nitrogens is 4. The monoisotopic (exact) mass is 435 g/mol. The average molecular weight is 435 g/mol. The van der Waals surface area contributed by atoms with E-state index in [1.165, 1.54) is 24.3 Å². The molecule has 162 valence electrons. The molecule has 5 rings (SSSR count). The van der Waals surface area contributed by atoms with Crippen molar-refractivity contribution in [3.8, 4) is 11.5 Å². The molecule has 0 radical (unpaired) electrons. The number of rotatable bonds is 6. The van der Waals surface area contributed by atoms with Crippen molar-refractivity contribution in [2.45, 2.75) is 38.7 Å². The number of nitro groups is 1. The van der Waals surface area contributed by atoms with Crippen LogP contribution in [0.15, 0.2) is 39.3 Å². The van der Waals surface area contributed by atoms with Gasteiger partial charge in [0.1, 0.15) is 0 Å². The summed E-state index contributed by atoms with van der Waals surface area (Å²) in [4.78, 5) is 27.8. The summed E-state index contributed by atoms with van der Waals surface area (Å²) in [6, 6.07) is 7.43. The molecule has 0 N–H and O–H groups in total. The zero-order valence-corrected chi connectivity index (χ0v) is 17.1. The predicted octanol–water partition coefficient (Wildman–Crippen LogP) is 4.28. The van der Waals surface area contributed by atoms with Gasteiger partial charge in [-0.15, -0.1) is 10.2 Å². The van der Waals surface area contributed by atoms with Gasteiger partial charge in [0, 0.05) is 29.3 Å². The molecular weight excluding hydrogens is 418 g/mol. The molecule has 3 aromatic heterocycles. The summed E-state index contributed by atoms with van der Waals surface area (Å²) in [5, 5.41) is 23.1. The normalized spacial score (nSPS) is 14.4. The van der Waals surface area contributed by atoms with Gasteiger partial charge in [-0.2, -0.15) is 0 Å². The molecule has 11 nitrogen and oxygen atoms in total.